The molecule has 0 bridgehead atoms. The van der Waals surface area contributed by atoms with Crippen molar-refractivity contribution in [3.05, 3.63) is 94.0 Å². The van der Waals surface area contributed by atoms with Crippen molar-refractivity contribution in [1.82, 2.24) is 4.90 Å². The second kappa shape index (κ2) is 12.9. The van der Waals surface area contributed by atoms with Gasteiger partial charge in [0.05, 0.1) is 13.7 Å². The first-order chi connectivity index (χ1) is 19.5. The molecule has 1 fully saturated rings. The van der Waals surface area contributed by atoms with Crippen molar-refractivity contribution in [2.24, 2.45) is 4.99 Å². The van der Waals surface area contributed by atoms with Gasteiger partial charge in [-0.3, -0.25) is 4.79 Å². The number of nitrogens with zero attached hydrogens (tertiary/aromatic N) is 2. The number of benzene rings is 3. The number of carbonyl (C=O) groups is 1. The summed E-state index contributed by atoms with van der Waals surface area (Å²) in [7, 11) is 1.63. The van der Waals surface area contributed by atoms with Crippen LogP contribution >= 0.6 is 15.9 Å². The molecule has 210 valence electrons. The Morgan fingerprint density at radius 3 is 2.55 bits per heavy atom. The second-order valence-electron chi connectivity index (χ2n) is 10.2. The Bertz CT molecular complexity index is 1340. The SMILES string of the molecule is COc1cccc([C@H]2OC(c3ccc(OCCCO)cc3)=N[C@@]2(Cc2ccccc2Br)C(=O)N2CCCCC2)c1. The summed E-state index contributed by atoms with van der Waals surface area (Å²) in [5.41, 5.74) is 1.38. The number of amides is 1. The number of aliphatic hydroxyl groups is 1. The van der Waals surface area contributed by atoms with Gasteiger partial charge in [-0.05, 0) is 72.9 Å². The molecule has 8 heteroatoms. The molecule has 2 aliphatic rings. The number of hydrogen-bond donors (Lipinski definition) is 1. The fraction of sp³-hybridized carbons (Fsp3) is 0.375. The van der Waals surface area contributed by atoms with Gasteiger partial charge in [-0.15, -0.1) is 0 Å². The molecule has 5 rings (SSSR count). The standard InChI is InChI=1S/C32H35BrN2O5/c1-38-27-11-7-10-24(21-27)29-32(22-25-9-3-4-12-28(25)33,31(37)35-17-5-2-6-18-35)34-30(40-29)23-13-15-26(16-14-23)39-20-8-19-36/h3-4,7,9-16,21,29,36H,2,5-6,8,17-20,22H2,1H3/t29-,32-/m1/s1. The maximum absolute atomic E-state index is 14.6. The topological polar surface area (TPSA) is 80.6 Å². The molecule has 2 atom stereocenters. The van der Waals surface area contributed by atoms with Crippen LogP contribution in [0.5, 0.6) is 11.5 Å². The normalized spacial score (nSPS) is 20.5. The Kier molecular flexibility index (Phi) is 9.07. The summed E-state index contributed by atoms with van der Waals surface area (Å²) in [6.07, 6.45) is 3.37. The molecular formula is C32H35BrN2O5. The van der Waals surface area contributed by atoms with Crippen molar-refractivity contribution in [2.75, 3.05) is 33.4 Å². The van der Waals surface area contributed by atoms with E-state index in [1.807, 2.05) is 77.7 Å². The fourth-order valence-electron chi connectivity index (χ4n) is 5.38. The van der Waals surface area contributed by atoms with E-state index in [0.717, 1.165) is 40.4 Å². The van der Waals surface area contributed by atoms with Crippen LogP contribution in [0.4, 0.5) is 0 Å². The summed E-state index contributed by atoms with van der Waals surface area (Å²) in [6, 6.07) is 23.2. The van der Waals surface area contributed by atoms with Gasteiger partial charge in [0.2, 0.25) is 5.90 Å². The Morgan fingerprint density at radius 1 is 1.05 bits per heavy atom. The van der Waals surface area contributed by atoms with Gasteiger partial charge in [-0.25, -0.2) is 4.99 Å². The lowest BCUT2D eigenvalue weighted by Crippen LogP contribution is -2.53. The molecule has 0 spiro atoms. The predicted molar refractivity (Wildman–Crippen MR) is 158 cm³/mol. The molecule has 1 N–H and O–H groups in total. The Morgan fingerprint density at radius 2 is 1.82 bits per heavy atom. The van der Waals surface area contributed by atoms with Crippen molar-refractivity contribution >= 4 is 27.7 Å². The van der Waals surface area contributed by atoms with Crippen LogP contribution in [0.1, 0.15) is 48.5 Å². The molecule has 1 amide bonds. The van der Waals surface area contributed by atoms with Gasteiger partial charge in [0.15, 0.2) is 11.6 Å². The molecule has 0 aromatic heterocycles. The predicted octanol–water partition coefficient (Wildman–Crippen LogP) is 5.73. The van der Waals surface area contributed by atoms with Crippen LogP contribution in [-0.2, 0) is 16.0 Å². The van der Waals surface area contributed by atoms with Gasteiger partial charge in [0, 0.05) is 42.6 Å². The zero-order valence-corrected chi connectivity index (χ0v) is 24.3. The summed E-state index contributed by atoms with van der Waals surface area (Å²) < 4.78 is 18.8. The smallest absolute Gasteiger partial charge is 0.255 e. The minimum Gasteiger partial charge on any atom is -0.497 e. The van der Waals surface area contributed by atoms with Gasteiger partial charge in [-0.2, -0.15) is 0 Å². The van der Waals surface area contributed by atoms with E-state index in [0.29, 0.717) is 49.9 Å². The van der Waals surface area contributed by atoms with Gasteiger partial charge in [0.1, 0.15) is 11.5 Å². The van der Waals surface area contributed by atoms with E-state index in [1.54, 1.807) is 7.11 Å². The van der Waals surface area contributed by atoms with Crippen molar-refractivity contribution in [2.45, 2.75) is 43.7 Å². The monoisotopic (exact) mass is 606 g/mol. The number of likely N-dealkylation sites (tertiary alicyclic amines) is 1. The minimum atomic E-state index is -1.21. The number of hydrogen-bond acceptors (Lipinski definition) is 6. The molecule has 40 heavy (non-hydrogen) atoms. The van der Waals surface area contributed by atoms with Crippen molar-refractivity contribution < 1.29 is 24.1 Å². The molecule has 3 aromatic rings. The van der Waals surface area contributed by atoms with Crippen LogP contribution < -0.4 is 9.47 Å². The number of methoxy groups -OCH3 is 1. The van der Waals surface area contributed by atoms with Crippen molar-refractivity contribution in [3.8, 4) is 11.5 Å². The van der Waals surface area contributed by atoms with Crippen LogP contribution in [0.3, 0.4) is 0 Å². The quantitative estimate of drug-likeness (QED) is 0.298. The van der Waals surface area contributed by atoms with E-state index < -0.39 is 11.6 Å². The first-order valence-corrected chi connectivity index (χ1v) is 14.6. The summed E-state index contributed by atoms with van der Waals surface area (Å²) in [6.45, 7) is 1.95. The highest BCUT2D eigenvalue weighted by Gasteiger charge is 2.55. The number of aliphatic hydroxyl groups excluding tert-OH is 1. The van der Waals surface area contributed by atoms with Crippen LogP contribution in [0.25, 0.3) is 0 Å². The van der Waals surface area contributed by atoms with Gasteiger partial charge in [-0.1, -0.05) is 46.3 Å². The zero-order chi connectivity index (χ0) is 28.0. The maximum Gasteiger partial charge on any atom is 0.255 e. The summed E-state index contributed by atoms with van der Waals surface area (Å²) in [5, 5.41) is 9.04. The molecule has 0 saturated carbocycles. The Labute approximate surface area is 243 Å². The summed E-state index contributed by atoms with van der Waals surface area (Å²) in [4.78, 5) is 21.8. The van der Waals surface area contributed by atoms with E-state index in [4.69, 9.17) is 24.3 Å². The fourth-order valence-corrected chi connectivity index (χ4v) is 5.80. The second-order valence-corrected chi connectivity index (χ2v) is 11.0. The third kappa shape index (κ3) is 6.03. The summed E-state index contributed by atoms with van der Waals surface area (Å²) in [5.74, 6) is 1.80. The molecule has 1 saturated heterocycles. The summed E-state index contributed by atoms with van der Waals surface area (Å²) >= 11 is 3.70. The number of aliphatic imine (C=N–C) groups is 1. The lowest BCUT2D eigenvalue weighted by molar-refractivity contribution is -0.140. The van der Waals surface area contributed by atoms with Crippen LogP contribution in [0.15, 0.2) is 82.3 Å². The third-order valence-corrected chi connectivity index (χ3v) is 8.24. The van der Waals surface area contributed by atoms with Crippen LogP contribution in [-0.4, -0.2) is 60.8 Å². The van der Waals surface area contributed by atoms with E-state index in [-0.39, 0.29) is 12.5 Å². The molecule has 0 unspecified atom stereocenters. The number of rotatable bonds is 10. The minimum absolute atomic E-state index is 0.0188. The average molecular weight is 608 g/mol. The van der Waals surface area contributed by atoms with Crippen LogP contribution in [0.2, 0.25) is 0 Å². The molecule has 7 nitrogen and oxygen atoms in total. The number of ether oxygens (including phenoxy) is 3. The Balaban J connectivity index is 1.60. The first kappa shape index (κ1) is 28.2. The lowest BCUT2D eigenvalue weighted by atomic mass is 9.81. The highest BCUT2D eigenvalue weighted by atomic mass is 79.9. The molecular weight excluding hydrogens is 572 g/mol. The van der Waals surface area contributed by atoms with E-state index in [2.05, 4.69) is 15.9 Å². The molecule has 3 aromatic carbocycles. The van der Waals surface area contributed by atoms with E-state index >= 15 is 0 Å². The van der Waals surface area contributed by atoms with E-state index in [1.165, 1.54) is 0 Å². The zero-order valence-electron chi connectivity index (χ0n) is 22.7. The van der Waals surface area contributed by atoms with E-state index in [9.17, 15) is 4.79 Å². The highest BCUT2D eigenvalue weighted by Crippen LogP contribution is 2.45. The molecule has 0 aliphatic carbocycles. The largest absolute Gasteiger partial charge is 0.497 e. The van der Waals surface area contributed by atoms with Gasteiger partial charge >= 0.3 is 0 Å². The van der Waals surface area contributed by atoms with Crippen molar-refractivity contribution in [1.29, 1.82) is 0 Å². The molecule has 0 radical (unpaired) electrons. The van der Waals surface area contributed by atoms with Crippen LogP contribution in [0, 0.1) is 0 Å². The number of carbonyl (C=O) groups excluding carboxylic acids is 1. The molecule has 2 aliphatic heterocycles. The lowest BCUT2D eigenvalue weighted by Gasteiger charge is -2.37. The number of halogens is 1. The van der Waals surface area contributed by atoms with Crippen molar-refractivity contribution in [3.63, 3.8) is 0 Å². The molecule has 2 heterocycles. The van der Waals surface area contributed by atoms with Gasteiger partial charge in [0.25, 0.3) is 5.91 Å². The third-order valence-electron chi connectivity index (χ3n) is 7.46. The first-order valence-electron chi connectivity index (χ1n) is 13.8. The van der Waals surface area contributed by atoms with Gasteiger partial charge < -0.3 is 24.2 Å². The number of piperidine rings is 1. The maximum atomic E-state index is 14.6. The average Bonchev–Trinajstić information content (AvgIpc) is 3.39. The highest BCUT2D eigenvalue weighted by molar-refractivity contribution is 9.10. The Hall–Kier alpha value is -3.36.